The number of carbonyl (C=O) groups is 3. The summed E-state index contributed by atoms with van der Waals surface area (Å²) in [6.45, 7) is 1.93. The molecule has 0 bridgehead atoms. The van der Waals surface area contributed by atoms with Crippen LogP contribution in [0.15, 0.2) is 113 Å². The van der Waals surface area contributed by atoms with Crippen molar-refractivity contribution in [2.75, 3.05) is 15.5 Å². The van der Waals surface area contributed by atoms with E-state index in [2.05, 4.69) is 10.6 Å². The number of nitro benzene ring substituents is 1. The zero-order valence-electron chi connectivity index (χ0n) is 21.5. The second-order valence-electron chi connectivity index (χ2n) is 9.01. The number of hydrogen-bond donors (Lipinski definition) is 2. The number of halogens is 1. The number of carbonyl (C=O) groups excluding carboxylic acids is 3. The molecule has 0 atom stereocenters. The van der Waals surface area contributed by atoms with Crippen LogP contribution in [-0.4, -0.2) is 22.6 Å². The molecule has 0 spiro atoms. The lowest BCUT2D eigenvalue weighted by molar-refractivity contribution is -0.384. The average Bonchev–Trinajstić information content (AvgIpc) is 3.18. The van der Waals surface area contributed by atoms with Gasteiger partial charge in [0.05, 0.1) is 10.6 Å². The average molecular weight is 569 g/mol. The number of hydrogen-bond acceptors (Lipinski definition) is 7. The Hall–Kier alpha value is -5.29. The van der Waals surface area contributed by atoms with Crippen LogP contribution in [0.1, 0.15) is 15.9 Å². The lowest BCUT2D eigenvalue weighted by Gasteiger charge is -2.15. The van der Waals surface area contributed by atoms with Crippen molar-refractivity contribution in [1.82, 2.24) is 0 Å². The molecule has 0 fully saturated rings. The summed E-state index contributed by atoms with van der Waals surface area (Å²) in [5.41, 5.74) is 2.43. The summed E-state index contributed by atoms with van der Waals surface area (Å²) in [5.74, 6) is -2.15. The summed E-state index contributed by atoms with van der Waals surface area (Å²) < 4.78 is 13.5. The van der Waals surface area contributed by atoms with Gasteiger partial charge in [0.25, 0.3) is 23.4 Å². The smallest absolute Gasteiger partial charge is 0.283 e. The summed E-state index contributed by atoms with van der Waals surface area (Å²) in [6, 6.07) is 24.3. The molecule has 41 heavy (non-hydrogen) atoms. The van der Waals surface area contributed by atoms with Crippen molar-refractivity contribution >= 4 is 52.2 Å². The normalized spacial score (nSPS) is 13.0. The molecule has 3 amide bonds. The first-order valence-corrected chi connectivity index (χ1v) is 13.1. The number of imide groups is 1. The lowest BCUT2D eigenvalue weighted by atomic mass is 10.2. The SMILES string of the molecule is Cc1ccc(NC2=C(Sc3cccc(NC(=O)c4ccc([N+](=O)[O-])cc4)c3)C(=O)N(c3ccc(F)cc3)C2=O)cc1. The maximum absolute atomic E-state index is 13.6. The standard InChI is InChI=1S/C30H21FN4O5S/c1-18-5-11-21(12-6-18)32-26-27(30(38)34(29(26)37)23-15-9-20(31)10-16-23)41-25-4-2-3-22(17-25)33-28(36)19-7-13-24(14-8-19)35(39)40/h2-17,32H,1H3,(H,33,36). The van der Waals surface area contributed by atoms with Crippen molar-refractivity contribution in [1.29, 1.82) is 0 Å². The molecule has 9 nitrogen and oxygen atoms in total. The minimum absolute atomic E-state index is 0.0634. The minimum atomic E-state index is -0.590. The van der Waals surface area contributed by atoms with E-state index in [-0.39, 0.29) is 27.5 Å². The van der Waals surface area contributed by atoms with E-state index in [1.54, 1.807) is 36.4 Å². The summed E-state index contributed by atoms with van der Waals surface area (Å²) in [5, 5.41) is 16.7. The minimum Gasteiger partial charge on any atom is -0.350 e. The Bertz CT molecular complexity index is 1700. The van der Waals surface area contributed by atoms with Gasteiger partial charge in [-0.3, -0.25) is 24.5 Å². The maximum Gasteiger partial charge on any atom is 0.283 e. The zero-order chi connectivity index (χ0) is 29.1. The third kappa shape index (κ3) is 5.99. The van der Waals surface area contributed by atoms with Crippen molar-refractivity contribution in [3.63, 3.8) is 0 Å². The van der Waals surface area contributed by atoms with Gasteiger partial charge in [0.2, 0.25) is 0 Å². The predicted molar refractivity (Wildman–Crippen MR) is 154 cm³/mol. The number of nitro groups is 1. The first-order valence-electron chi connectivity index (χ1n) is 12.3. The topological polar surface area (TPSA) is 122 Å². The number of anilines is 3. The van der Waals surface area contributed by atoms with E-state index in [1.807, 2.05) is 19.1 Å². The molecule has 0 aromatic heterocycles. The number of non-ortho nitro benzene ring substituents is 1. The van der Waals surface area contributed by atoms with E-state index in [0.29, 0.717) is 16.3 Å². The number of thioether (sulfide) groups is 1. The van der Waals surface area contributed by atoms with Gasteiger partial charge in [0, 0.05) is 34.0 Å². The fraction of sp³-hybridized carbons (Fsp3) is 0.0333. The van der Waals surface area contributed by atoms with Crippen LogP contribution >= 0.6 is 11.8 Å². The first-order chi connectivity index (χ1) is 19.7. The number of amides is 3. The van der Waals surface area contributed by atoms with E-state index in [0.717, 1.165) is 22.2 Å². The Labute approximate surface area is 237 Å². The van der Waals surface area contributed by atoms with Crippen molar-refractivity contribution in [3.8, 4) is 0 Å². The van der Waals surface area contributed by atoms with Crippen molar-refractivity contribution in [3.05, 3.63) is 135 Å². The molecule has 0 saturated heterocycles. The molecule has 4 aromatic carbocycles. The van der Waals surface area contributed by atoms with Crippen LogP contribution in [0.4, 0.5) is 27.1 Å². The van der Waals surface area contributed by atoms with E-state index in [9.17, 15) is 28.9 Å². The van der Waals surface area contributed by atoms with E-state index >= 15 is 0 Å². The highest BCUT2D eigenvalue weighted by atomic mass is 32.2. The molecule has 4 aromatic rings. The number of nitrogens with zero attached hydrogens (tertiary/aromatic N) is 2. The van der Waals surface area contributed by atoms with Gasteiger partial charge in [0.15, 0.2) is 0 Å². The van der Waals surface area contributed by atoms with E-state index in [4.69, 9.17) is 0 Å². The molecule has 0 saturated carbocycles. The van der Waals surface area contributed by atoms with Crippen LogP contribution in [0, 0.1) is 22.9 Å². The van der Waals surface area contributed by atoms with Crippen LogP contribution in [0.3, 0.4) is 0 Å². The number of nitrogens with one attached hydrogen (secondary N) is 2. The monoisotopic (exact) mass is 568 g/mol. The summed E-state index contributed by atoms with van der Waals surface area (Å²) >= 11 is 1.04. The van der Waals surface area contributed by atoms with Crippen LogP contribution in [0.25, 0.3) is 0 Å². The Morgan fingerprint density at radius 2 is 1.56 bits per heavy atom. The van der Waals surface area contributed by atoms with E-state index in [1.165, 1.54) is 48.5 Å². The Kier molecular flexibility index (Phi) is 7.61. The molecular formula is C30H21FN4O5S. The molecule has 0 aliphatic carbocycles. The lowest BCUT2D eigenvalue weighted by Crippen LogP contribution is -2.32. The van der Waals surface area contributed by atoms with Gasteiger partial charge in [-0.05, 0) is 73.7 Å². The molecule has 2 N–H and O–H groups in total. The molecular weight excluding hydrogens is 547 g/mol. The summed E-state index contributed by atoms with van der Waals surface area (Å²) in [4.78, 5) is 51.8. The largest absolute Gasteiger partial charge is 0.350 e. The Balaban J connectivity index is 1.42. The van der Waals surface area contributed by atoms with Crippen molar-refractivity contribution in [2.45, 2.75) is 11.8 Å². The third-order valence-corrected chi connectivity index (χ3v) is 7.17. The molecule has 1 aliphatic heterocycles. The van der Waals surface area contributed by atoms with Crippen LogP contribution in [0.5, 0.6) is 0 Å². The second-order valence-corrected chi connectivity index (χ2v) is 10.1. The quantitative estimate of drug-likeness (QED) is 0.146. The summed E-state index contributed by atoms with van der Waals surface area (Å²) in [7, 11) is 0. The van der Waals surface area contributed by atoms with Crippen molar-refractivity contribution < 1.29 is 23.7 Å². The predicted octanol–water partition coefficient (Wildman–Crippen LogP) is 6.28. The fourth-order valence-corrected chi connectivity index (χ4v) is 5.00. The van der Waals surface area contributed by atoms with Gasteiger partial charge < -0.3 is 10.6 Å². The van der Waals surface area contributed by atoms with Crippen LogP contribution < -0.4 is 15.5 Å². The maximum atomic E-state index is 13.6. The third-order valence-electron chi connectivity index (χ3n) is 6.10. The molecule has 11 heteroatoms. The molecule has 0 radical (unpaired) electrons. The molecule has 1 aliphatic rings. The van der Waals surface area contributed by atoms with Gasteiger partial charge in [-0.1, -0.05) is 35.5 Å². The van der Waals surface area contributed by atoms with E-state index < -0.39 is 28.5 Å². The zero-order valence-corrected chi connectivity index (χ0v) is 22.3. The highest BCUT2D eigenvalue weighted by Crippen LogP contribution is 2.38. The van der Waals surface area contributed by atoms with Gasteiger partial charge >= 0.3 is 0 Å². The number of rotatable bonds is 8. The Morgan fingerprint density at radius 3 is 2.22 bits per heavy atom. The molecule has 204 valence electrons. The molecule has 1 heterocycles. The second kappa shape index (κ2) is 11.4. The van der Waals surface area contributed by atoms with Gasteiger partial charge in [0.1, 0.15) is 16.4 Å². The number of aryl methyl sites for hydroxylation is 1. The highest BCUT2D eigenvalue weighted by Gasteiger charge is 2.40. The van der Waals surface area contributed by atoms with Gasteiger partial charge in [-0.2, -0.15) is 0 Å². The Morgan fingerprint density at radius 1 is 0.878 bits per heavy atom. The molecule has 5 rings (SSSR count). The molecule has 0 unspecified atom stereocenters. The number of benzene rings is 4. The van der Waals surface area contributed by atoms with Gasteiger partial charge in [-0.15, -0.1) is 0 Å². The summed E-state index contributed by atoms with van der Waals surface area (Å²) in [6.07, 6.45) is 0. The van der Waals surface area contributed by atoms with Gasteiger partial charge in [-0.25, -0.2) is 9.29 Å². The van der Waals surface area contributed by atoms with Crippen LogP contribution in [0.2, 0.25) is 0 Å². The fourth-order valence-electron chi connectivity index (χ4n) is 4.01. The van der Waals surface area contributed by atoms with Crippen molar-refractivity contribution in [2.24, 2.45) is 0 Å². The highest BCUT2D eigenvalue weighted by molar-refractivity contribution is 8.04. The van der Waals surface area contributed by atoms with Crippen LogP contribution in [-0.2, 0) is 9.59 Å². The first kappa shape index (κ1) is 27.3.